The summed E-state index contributed by atoms with van der Waals surface area (Å²) >= 11 is 0. The van der Waals surface area contributed by atoms with E-state index in [9.17, 15) is 0 Å². The molecule has 1 aromatic carbocycles. The van der Waals surface area contributed by atoms with Gasteiger partial charge in [0.05, 0.1) is 16.9 Å². The smallest absolute Gasteiger partial charge is 0.187 e. The number of para-hydroxylation sites is 1. The molecule has 0 saturated carbocycles. The Morgan fingerprint density at radius 2 is 2.05 bits per heavy atom. The highest BCUT2D eigenvalue weighted by molar-refractivity contribution is 5.97. The zero-order valence-electron chi connectivity index (χ0n) is 11.0. The number of hydrogen-bond donors (Lipinski definition) is 2. The Morgan fingerprint density at radius 3 is 2.85 bits per heavy atom. The summed E-state index contributed by atoms with van der Waals surface area (Å²) in [7, 11) is 0. The molecule has 3 N–H and O–H groups in total. The molecule has 0 bridgehead atoms. The van der Waals surface area contributed by atoms with E-state index >= 15 is 0 Å². The Kier molecular flexibility index (Phi) is 2.87. The van der Waals surface area contributed by atoms with Gasteiger partial charge in [-0.2, -0.15) is 0 Å². The number of fused-ring (bicyclic) bond motifs is 1. The van der Waals surface area contributed by atoms with E-state index in [1.165, 1.54) is 0 Å². The fraction of sp³-hybridized carbons (Fsp3) is 0.0667. The quantitative estimate of drug-likeness (QED) is 0.324. The van der Waals surface area contributed by atoms with E-state index in [1.807, 2.05) is 54.1 Å². The molecule has 5 heteroatoms. The summed E-state index contributed by atoms with van der Waals surface area (Å²) in [6.45, 7) is 1.95. The number of rotatable bonds is 2. The highest BCUT2D eigenvalue weighted by Crippen LogP contribution is 2.23. The van der Waals surface area contributed by atoms with E-state index in [1.54, 1.807) is 6.07 Å². The van der Waals surface area contributed by atoms with Gasteiger partial charge in [-0.1, -0.05) is 23.4 Å². The van der Waals surface area contributed by atoms with E-state index < -0.39 is 0 Å². The molecule has 0 amide bonds. The van der Waals surface area contributed by atoms with Crippen molar-refractivity contribution in [2.45, 2.75) is 6.92 Å². The van der Waals surface area contributed by atoms with Crippen LogP contribution in [0.25, 0.3) is 16.6 Å². The summed E-state index contributed by atoms with van der Waals surface area (Å²) in [6.07, 6.45) is 1.88. The lowest BCUT2D eigenvalue weighted by Gasteiger charge is -2.12. The molecule has 0 atom stereocenters. The highest BCUT2D eigenvalue weighted by Gasteiger charge is 2.11. The van der Waals surface area contributed by atoms with Crippen molar-refractivity contribution in [2.24, 2.45) is 10.9 Å². The molecule has 3 aromatic rings. The average Bonchev–Trinajstić information content (AvgIpc) is 2.94. The SMILES string of the molecule is Cc1cc(-n2cccc2/C(N)=N/O)c2ccccc2n1. The molecule has 2 aromatic heterocycles. The molecule has 5 nitrogen and oxygen atoms in total. The molecule has 0 saturated heterocycles. The maximum atomic E-state index is 8.88. The number of pyridine rings is 1. The van der Waals surface area contributed by atoms with Gasteiger partial charge in [-0.25, -0.2) is 0 Å². The van der Waals surface area contributed by atoms with Crippen LogP contribution in [0.4, 0.5) is 0 Å². The second-order valence-electron chi connectivity index (χ2n) is 4.55. The number of aromatic nitrogens is 2. The average molecular weight is 266 g/mol. The molecule has 0 unspecified atom stereocenters. The van der Waals surface area contributed by atoms with Gasteiger partial charge >= 0.3 is 0 Å². The maximum absolute atomic E-state index is 8.88. The zero-order chi connectivity index (χ0) is 14.1. The van der Waals surface area contributed by atoms with Gasteiger partial charge < -0.3 is 15.5 Å². The summed E-state index contributed by atoms with van der Waals surface area (Å²) < 4.78 is 1.89. The molecular weight excluding hydrogens is 252 g/mol. The van der Waals surface area contributed by atoms with Crippen molar-refractivity contribution >= 4 is 16.7 Å². The fourth-order valence-electron chi connectivity index (χ4n) is 2.34. The predicted molar refractivity (Wildman–Crippen MR) is 78.3 cm³/mol. The summed E-state index contributed by atoms with van der Waals surface area (Å²) in [5, 5.41) is 13.0. The fourth-order valence-corrected chi connectivity index (χ4v) is 2.34. The molecule has 0 fully saturated rings. The first-order valence-electron chi connectivity index (χ1n) is 6.22. The topological polar surface area (TPSA) is 76.4 Å². The second kappa shape index (κ2) is 4.70. The van der Waals surface area contributed by atoms with Crippen LogP contribution < -0.4 is 5.73 Å². The molecule has 0 spiro atoms. The van der Waals surface area contributed by atoms with Crippen molar-refractivity contribution in [2.75, 3.05) is 0 Å². The third-order valence-electron chi connectivity index (χ3n) is 3.20. The maximum Gasteiger partial charge on any atom is 0.187 e. The first-order valence-corrected chi connectivity index (χ1v) is 6.22. The summed E-state index contributed by atoms with van der Waals surface area (Å²) in [5.74, 6) is 0.0774. The van der Waals surface area contributed by atoms with Gasteiger partial charge in [-0.3, -0.25) is 4.98 Å². The molecule has 20 heavy (non-hydrogen) atoms. The van der Waals surface area contributed by atoms with Crippen LogP contribution in [0.15, 0.2) is 53.8 Å². The van der Waals surface area contributed by atoms with E-state index in [2.05, 4.69) is 10.1 Å². The Balaban J connectivity index is 2.33. The van der Waals surface area contributed by atoms with Crippen LogP contribution in [0.3, 0.4) is 0 Å². The van der Waals surface area contributed by atoms with E-state index in [0.29, 0.717) is 5.69 Å². The van der Waals surface area contributed by atoms with Crippen molar-refractivity contribution in [3.05, 3.63) is 60.0 Å². The number of oxime groups is 1. The number of nitrogens with two attached hydrogens (primary N) is 1. The van der Waals surface area contributed by atoms with Gasteiger partial charge in [-0.05, 0) is 31.2 Å². The monoisotopic (exact) mass is 266 g/mol. The van der Waals surface area contributed by atoms with E-state index in [4.69, 9.17) is 10.9 Å². The first kappa shape index (κ1) is 12.2. The minimum Gasteiger partial charge on any atom is -0.409 e. The van der Waals surface area contributed by atoms with Crippen LogP contribution in [0.5, 0.6) is 0 Å². The van der Waals surface area contributed by atoms with Gasteiger partial charge in [0.25, 0.3) is 0 Å². The lowest BCUT2D eigenvalue weighted by Crippen LogP contribution is -2.17. The van der Waals surface area contributed by atoms with E-state index in [-0.39, 0.29) is 5.84 Å². The van der Waals surface area contributed by atoms with Gasteiger partial charge in [0.1, 0.15) is 0 Å². The minimum absolute atomic E-state index is 0.0774. The standard InChI is InChI=1S/C15H14N4O/c1-10-9-14(11-5-2-3-6-12(11)17-10)19-8-4-7-13(19)15(16)18-20/h2-9,20H,1H3,(H2,16,18). The van der Waals surface area contributed by atoms with Crippen molar-refractivity contribution in [1.82, 2.24) is 9.55 Å². The lowest BCUT2D eigenvalue weighted by molar-refractivity contribution is 0.318. The second-order valence-corrected chi connectivity index (χ2v) is 4.55. The normalized spacial score (nSPS) is 11.9. The van der Waals surface area contributed by atoms with Crippen LogP contribution >= 0.6 is 0 Å². The van der Waals surface area contributed by atoms with Gasteiger partial charge in [0.2, 0.25) is 0 Å². The Labute approximate surface area is 116 Å². The third kappa shape index (κ3) is 1.89. The minimum atomic E-state index is 0.0774. The number of nitrogens with zero attached hydrogens (tertiary/aromatic N) is 3. The molecule has 100 valence electrons. The predicted octanol–water partition coefficient (Wildman–Crippen LogP) is 2.43. The van der Waals surface area contributed by atoms with Gasteiger partial charge in [0.15, 0.2) is 5.84 Å². The van der Waals surface area contributed by atoms with Crippen LogP contribution in [0.1, 0.15) is 11.4 Å². The summed E-state index contributed by atoms with van der Waals surface area (Å²) in [6, 6.07) is 13.5. The molecule has 0 aliphatic carbocycles. The summed E-state index contributed by atoms with van der Waals surface area (Å²) in [4.78, 5) is 4.52. The van der Waals surface area contributed by atoms with Crippen LogP contribution in [0, 0.1) is 6.92 Å². The Hall–Kier alpha value is -2.82. The van der Waals surface area contributed by atoms with Gasteiger partial charge in [-0.15, -0.1) is 0 Å². The Morgan fingerprint density at radius 1 is 1.25 bits per heavy atom. The lowest BCUT2D eigenvalue weighted by atomic mass is 10.1. The Bertz CT molecular complexity index is 804. The molecule has 2 heterocycles. The van der Waals surface area contributed by atoms with Crippen LogP contribution in [0.2, 0.25) is 0 Å². The molecule has 3 rings (SSSR count). The van der Waals surface area contributed by atoms with Crippen molar-refractivity contribution in [3.8, 4) is 5.69 Å². The number of amidine groups is 1. The van der Waals surface area contributed by atoms with E-state index in [0.717, 1.165) is 22.3 Å². The molecule has 0 aliphatic heterocycles. The molecular formula is C15H14N4O. The highest BCUT2D eigenvalue weighted by atomic mass is 16.4. The number of benzene rings is 1. The van der Waals surface area contributed by atoms with Gasteiger partial charge in [0, 0.05) is 17.3 Å². The molecule has 0 aliphatic rings. The van der Waals surface area contributed by atoms with Crippen molar-refractivity contribution < 1.29 is 5.21 Å². The third-order valence-corrected chi connectivity index (χ3v) is 3.20. The zero-order valence-corrected chi connectivity index (χ0v) is 11.0. The van der Waals surface area contributed by atoms with Crippen LogP contribution in [-0.2, 0) is 0 Å². The molecule has 0 radical (unpaired) electrons. The summed E-state index contributed by atoms with van der Waals surface area (Å²) in [5.41, 5.74) is 9.16. The number of hydrogen-bond acceptors (Lipinski definition) is 3. The first-order chi connectivity index (χ1) is 9.70. The largest absolute Gasteiger partial charge is 0.409 e. The van der Waals surface area contributed by atoms with Crippen molar-refractivity contribution in [3.63, 3.8) is 0 Å². The van der Waals surface area contributed by atoms with Crippen LogP contribution in [-0.4, -0.2) is 20.6 Å². The van der Waals surface area contributed by atoms with Crippen molar-refractivity contribution in [1.29, 1.82) is 0 Å². The number of aryl methyl sites for hydroxylation is 1.